The van der Waals surface area contributed by atoms with Crippen LogP contribution in [0.2, 0.25) is 0 Å². The van der Waals surface area contributed by atoms with Crippen molar-refractivity contribution in [3.63, 3.8) is 0 Å². The minimum atomic E-state index is -1.06. The number of carboxylic acid groups (broad SMARTS) is 1. The Morgan fingerprint density at radius 1 is 0.800 bits per heavy atom. The fourth-order valence-corrected chi connectivity index (χ4v) is 2.34. The average molecular weight is 334 g/mol. The highest BCUT2D eigenvalue weighted by Gasteiger charge is 2.02. The number of carboxylic acids is 1. The number of hydrogen-bond donors (Lipinski definition) is 3. The van der Waals surface area contributed by atoms with Crippen LogP contribution in [0.15, 0.2) is 64.2 Å². The molecule has 0 unspecified atom stereocenters. The van der Waals surface area contributed by atoms with Gasteiger partial charge in [0.25, 0.3) is 11.1 Å². The second kappa shape index (κ2) is 6.84. The van der Waals surface area contributed by atoms with Gasteiger partial charge < -0.3 is 15.1 Å². The number of rotatable bonds is 3. The lowest BCUT2D eigenvalue weighted by Crippen LogP contribution is -2.46. The molecule has 0 radical (unpaired) electrons. The molecule has 6 heteroatoms. The molecular formula is C19H14N2O4. The molecule has 25 heavy (non-hydrogen) atoms. The van der Waals surface area contributed by atoms with Gasteiger partial charge in [-0.3, -0.25) is 9.59 Å². The summed E-state index contributed by atoms with van der Waals surface area (Å²) in [6.45, 7) is 0. The Hall–Kier alpha value is -3.67. The van der Waals surface area contributed by atoms with Crippen LogP contribution in [-0.4, -0.2) is 21.0 Å². The van der Waals surface area contributed by atoms with Crippen LogP contribution in [0.4, 0.5) is 0 Å². The molecule has 0 saturated heterocycles. The first-order valence-corrected chi connectivity index (χ1v) is 7.47. The largest absolute Gasteiger partial charge is 0.478 e. The summed E-state index contributed by atoms with van der Waals surface area (Å²) >= 11 is 0. The molecule has 0 aliphatic carbocycles. The van der Waals surface area contributed by atoms with E-state index in [-0.39, 0.29) is 16.3 Å². The predicted molar refractivity (Wildman–Crippen MR) is 93.9 cm³/mol. The van der Waals surface area contributed by atoms with E-state index >= 15 is 0 Å². The molecule has 0 aliphatic rings. The smallest absolute Gasteiger partial charge is 0.335 e. The van der Waals surface area contributed by atoms with Crippen molar-refractivity contribution in [3.8, 4) is 0 Å². The fourth-order valence-electron chi connectivity index (χ4n) is 2.34. The summed E-state index contributed by atoms with van der Waals surface area (Å²) in [5.74, 6) is -1.06. The number of aromatic amines is 2. The first-order valence-electron chi connectivity index (χ1n) is 7.47. The SMILES string of the molecule is O=C(O)c1cccc(/C=c2\[nH]c(=O)/c(=C/c3ccccc3)[nH]c2=O)c1. The van der Waals surface area contributed by atoms with Crippen LogP contribution in [0.1, 0.15) is 21.5 Å². The van der Waals surface area contributed by atoms with Crippen molar-refractivity contribution in [1.82, 2.24) is 9.97 Å². The van der Waals surface area contributed by atoms with Gasteiger partial charge in [0.05, 0.1) is 5.56 Å². The topological polar surface area (TPSA) is 103 Å². The number of hydrogen-bond acceptors (Lipinski definition) is 3. The minimum absolute atomic E-state index is 0.0535. The Labute approximate surface area is 141 Å². The summed E-state index contributed by atoms with van der Waals surface area (Å²) in [5.41, 5.74) is 0.475. The van der Waals surface area contributed by atoms with Crippen LogP contribution in [0.5, 0.6) is 0 Å². The van der Waals surface area contributed by atoms with E-state index in [0.29, 0.717) is 5.56 Å². The van der Waals surface area contributed by atoms with Gasteiger partial charge in [-0.05, 0) is 35.4 Å². The molecule has 3 aromatic rings. The van der Waals surface area contributed by atoms with Crippen molar-refractivity contribution in [1.29, 1.82) is 0 Å². The van der Waals surface area contributed by atoms with E-state index < -0.39 is 17.1 Å². The third-order valence-corrected chi connectivity index (χ3v) is 3.54. The summed E-state index contributed by atoms with van der Waals surface area (Å²) in [6, 6.07) is 15.2. The Kier molecular flexibility index (Phi) is 4.43. The molecule has 2 aromatic carbocycles. The van der Waals surface area contributed by atoms with Gasteiger partial charge >= 0.3 is 5.97 Å². The average Bonchev–Trinajstić information content (AvgIpc) is 2.60. The van der Waals surface area contributed by atoms with E-state index in [1.165, 1.54) is 18.2 Å². The summed E-state index contributed by atoms with van der Waals surface area (Å²) in [4.78, 5) is 40.5. The van der Waals surface area contributed by atoms with E-state index in [0.717, 1.165) is 5.56 Å². The molecule has 0 bridgehead atoms. The van der Waals surface area contributed by atoms with Crippen LogP contribution >= 0.6 is 0 Å². The van der Waals surface area contributed by atoms with Gasteiger partial charge in [0.1, 0.15) is 10.7 Å². The van der Waals surface area contributed by atoms with E-state index in [1.807, 2.05) is 30.3 Å². The number of aromatic carboxylic acids is 1. The molecule has 124 valence electrons. The monoisotopic (exact) mass is 334 g/mol. The number of benzene rings is 2. The zero-order valence-electron chi connectivity index (χ0n) is 13.0. The molecule has 1 aromatic heterocycles. The molecule has 0 saturated carbocycles. The summed E-state index contributed by atoms with van der Waals surface area (Å²) < 4.78 is 0. The van der Waals surface area contributed by atoms with Crippen molar-refractivity contribution >= 4 is 18.1 Å². The number of nitrogens with one attached hydrogen (secondary N) is 2. The molecule has 0 atom stereocenters. The Morgan fingerprint density at radius 2 is 1.36 bits per heavy atom. The van der Waals surface area contributed by atoms with E-state index in [2.05, 4.69) is 9.97 Å². The third kappa shape index (κ3) is 3.81. The minimum Gasteiger partial charge on any atom is -0.478 e. The molecular weight excluding hydrogens is 320 g/mol. The highest BCUT2D eigenvalue weighted by atomic mass is 16.4. The van der Waals surface area contributed by atoms with E-state index in [9.17, 15) is 14.4 Å². The number of H-pyrrole nitrogens is 2. The van der Waals surface area contributed by atoms with Gasteiger partial charge in [-0.1, -0.05) is 42.5 Å². The molecule has 3 rings (SSSR count). The van der Waals surface area contributed by atoms with Crippen molar-refractivity contribution < 1.29 is 9.90 Å². The van der Waals surface area contributed by atoms with Crippen LogP contribution < -0.4 is 21.8 Å². The van der Waals surface area contributed by atoms with Crippen LogP contribution in [0.3, 0.4) is 0 Å². The van der Waals surface area contributed by atoms with Gasteiger partial charge in [0.2, 0.25) is 0 Å². The van der Waals surface area contributed by atoms with Crippen molar-refractivity contribution in [3.05, 3.63) is 103 Å². The molecule has 6 nitrogen and oxygen atoms in total. The molecule has 0 amide bonds. The quantitative estimate of drug-likeness (QED) is 0.646. The van der Waals surface area contributed by atoms with Crippen molar-refractivity contribution in [2.45, 2.75) is 0 Å². The Balaban J connectivity index is 2.11. The number of aromatic nitrogens is 2. The van der Waals surface area contributed by atoms with Gasteiger partial charge in [0.15, 0.2) is 0 Å². The maximum atomic E-state index is 12.2. The lowest BCUT2D eigenvalue weighted by atomic mass is 10.1. The van der Waals surface area contributed by atoms with Gasteiger partial charge in [-0.25, -0.2) is 4.79 Å². The zero-order valence-corrected chi connectivity index (χ0v) is 13.0. The second-order valence-corrected chi connectivity index (χ2v) is 5.37. The molecule has 0 spiro atoms. The summed E-state index contributed by atoms with van der Waals surface area (Å²) in [7, 11) is 0. The highest BCUT2D eigenvalue weighted by Crippen LogP contribution is 2.05. The molecule has 1 heterocycles. The number of carbonyl (C=O) groups is 1. The maximum Gasteiger partial charge on any atom is 0.335 e. The van der Waals surface area contributed by atoms with Crippen LogP contribution in [0, 0.1) is 0 Å². The lowest BCUT2D eigenvalue weighted by molar-refractivity contribution is 0.0697. The van der Waals surface area contributed by atoms with Crippen molar-refractivity contribution in [2.24, 2.45) is 0 Å². The normalized spacial score (nSPS) is 12.3. The highest BCUT2D eigenvalue weighted by molar-refractivity contribution is 5.88. The van der Waals surface area contributed by atoms with E-state index in [4.69, 9.17) is 5.11 Å². The summed E-state index contributed by atoms with van der Waals surface area (Å²) in [6.07, 6.45) is 3.01. The maximum absolute atomic E-state index is 12.2. The molecule has 0 fully saturated rings. The van der Waals surface area contributed by atoms with Crippen molar-refractivity contribution in [2.75, 3.05) is 0 Å². The standard InChI is InChI=1S/C19H14N2O4/c22-17-15(10-12-5-2-1-3-6-12)20-18(23)16(21-17)11-13-7-4-8-14(9-13)19(24)25/h1-11H,(H,20,23)(H,21,22)(H,24,25)/b15-10-,16-11-. The Bertz CT molecular complexity index is 1160. The second-order valence-electron chi connectivity index (χ2n) is 5.37. The van der Waals surface area contributed by atoms with Crippen LogP contribution in [-0.2, 0) is 0 Å². The molecule has 3 N–H and O–H groups in total. The van der Waals surface area contributed by atoms with E-state index in [1.54, 1.807) is 18.2 Å². The first-order chi connectivity index (χ1) is 12.0. The van der Waals surface area contributed by atoms with Gasteiger partial charge in [-0.2, -0.15) is 0 Å². The van der Waals surface area contributed by atoms with Gasteiger partial charge in [-0.15, -0.1) is 0 Å². The predicted octanol–water partition coefficient (Wildman–Crippen LogP) is 0.419. The first kappa shape index (κ1) is 16.2. The third-order valence-electron chi connectivity index (χ3n) is 3.54. The van der Waals surface area contributed by atoms with Crippen LogP contribution in [0.25, 0.3) is 12.2 Å². The fraction of sp³-hybridized carbons (Fsp3) is 0. The summed E-state index contributed by atoms with van der Waals surface area (Å²) in [5, 5.41) is 9.21. The Morgan fingerprint density at radius 3 is 1.96 bits per heavy atom. The van der Waals surface area contributed by atoms with Gasteiger partial charge in [0, 0.05) is 0 Å². The lowest BCUT2D eigenvalue weighted by Gasteiger charge is -1.97. The molecule has 0 aliphatic heterocycles. The zero-order chi connectivity index (χ0) is 17.8.